The van der Waals surface area contributed by atoms with E-state index in [0.29, 0.717) is 5.69 Å². The van der Waals surface area contributed by atoms with Crippen LogP contribution in [-0.4, -0.2) is 18.2 Å². The molecule has 0 fully saturated rings. The highest BCUT2D eigenvalue weighted by atomic mass is 32.2. The highest BCUT2D eigenvalue weighted by Gasteiger charge is 2.34. The fraction of sp³-hybridized carbons (Fsp3) is 0.182. The van der Waals surface area contributed by atoms with Crippen LogP contribution in [0.15, 0.2) is 70.5 Å². The first kappa shape index (κ1) is 22.3. The first-order valence-electron chi connectivity index (χ1n) is 9.24. The van der Waals surface area contributed by atoms with Crippen molar-refractivity contribution in [3.05, 3.63) is 82.5 Å². The molecule has 0 bridgehead atoms. The molecule has 3 rings (SSSR count). The summed E-state index contributed by atoms with van der Waals surface area (Å²) in [6.45, 7) is 3.56. The molecule has 5 nitrogen and oxygen atoms in total. The Labute approximate surface area is 178 Å². The van der Waals surface area contributed by atoms with Crippen molar-refractivity contribution in [2.75, 3.05) is 0 Å². The SMILES string of the molecule is CC(C)c1cc(/C=C(\C#N)S(=O)(=O)c2ccccc2)nn1-c1ccccc1C(F)(F)F. The van der Waals surface area contributed by atoms with Gasteiger partial charge in [0.1, 0.15) is 6.07 Å². The normalized spacial score (nSPS) is 12.7. The van der Waals surface area contributed by atoms with Crippen LogP contribution in [0, 0.1) is 11.3 Å². The number of allylic oxidation sites excluding steroid dienone is 1. The summed E-state index contributed by atoms with van der Waals surface area (Å²) in [4.78, 5) is -0.614. The predicted octanol–water partition coefficient (Wildman–Crippen LogP) is 5.35. The van der Waals surface area contributed by atoms with Gasteiger partial charge in [0.15, 0.2) is 4.91 Å². The molecule has 0 unspecified atom stereocenters. The molecule has 0 aliphatic carbocycles. The molecule has 0 saturated heterocycles. The van der Waals surface area contributed by atoms with Crippen LogP contribution in [0.3, 0.4) is 0 Å². The van der Waals surface area contributed by atoms with Crippen molar-refractivity contribution in [2.24, 2.45) is 0 Å². The number of rotatable bonds is 5. The van der Waals surface area contributed by atoms with Crippen LogP contribution in [0.5, 0.6) is 0 Å². The van der Waals surface area contributed by atoms with Gasteiger partial charge in [0.2, 0.25) is 9.84 Å². The fourth-order valence-electron chi connectivity index (χ4n) is 3.02. The third kappa shape index (κ3) is 4.54. The molecule has 31 heavy (non-hydrogen) atoms. The van der Waals surface area contributed by atoms with Gasteiger partial charge in [-0.25, -0.2) is 13.1 Å². The van der Waals surface area contributed by atoms with Crippen molar-refractivity contribution in [3.63, 3.8) is 0 Å². The summed E-state index contributed by atoms with van der Waals surface area (Å²) in [7, 11) is -4.10. The molecule has 0 amide bonds. The van der Waals surface area contributed by atoms with Crippen LogP contribution in [0.2, 0.25) is 0 Å². The van der Waals surface area contributed by atoms with E-state index in [-0.39, 0.29) is 22.2 Å². The molecule has 1 heterocycles. The Kier molecular flexibility index (Phi) is 6.04. The minimum Gasteiger partial charge on any atom is -0.236 e. The smallest absolute Gasteiger partial charge is 0.236 e. The standard InChI is InChI=1S/C22H18F3N3O2S/c1-15(2)21-13-16(12-18(14-26)31(29,30)17-8-4-3-5-9-17)27-28(21)20-11-7-6-10-19(20)22(23,24)25/h3-13,15H,1-2H3/b18-12+. The fourth-order valence-corrected chi connectivity index (χ4v) is 4.18. The third-order valence-corrected chi connectivity index (χ3v) is 6.20. The van der Waals surface area contributed by atoms with Crippen LogP contribution in [0.25, 0.3) is 11.8 Å². The van der Waals surface area contributed by atoms with Crippen LogP contribution in [0.1, 0.15) is 36.7 Å². The predicted molar refractivity (Wildman–Crippen MR) is 110 cm³/mol. The molecule has 0 atom stereocenters. The molecule has 0 aliphatic rings. The van der Waals surface area contributed by atoms with Crippen molar-refractivity contribution in [2.45, 2.75) is 30.8 Å². The van der Waals surface area contributed by atoms with Gasteiger partial charge in [-0.1, -0.05) is 44.2 Å². The van der Waals surface area contributed by atoms with E-state index >= 15 is 0 Å². The Morgan fingerprint density at radius 1 is 1.10 bits per heavy atom. The second-order valence-electron chi connectivity index (χ2n) is 7.01. The summed E-state index contributed by atoms with van der Waals surface area (Å²) in [5.74, 6) is -0.216. The van der Waals surface area contributed by atoms with Crippen LogP contribution < -0.4 is 0 Å². The quantitative estimate of drug-likeness (QED) is 0.496. The summed E-state index contributed by atoms with van der Waals surface area (Å²) >= 11 is 0. The zero-order valence-electron chi connectivity index (χ0n) is 16.6. The number of halogens is 3. The molecule has 9 heteroatoms. The van der Waals surface area contributed by atoms with Gasteiger partial charge in [0, 0.05) is 5.69 Å². The van der Waals surface area contributed by atoms with E-state index in [1.54, 1.807) is 26.0 Å². The van der Waals surface area contributed by atoms with Crippen molar-refractivity contribution >= 4 is 15.9 Å². The van der Waals surface area contributed by atoms with E-state index in [2.05, 4.69) is 5.10 Å². The maximum absolute atomic E-state index is 13.5. The van der Waals surface area contributed by atoms with E-state index in [0.717, 1.165) is 16.8 Å². The van der Waals surface area contributed by atoms with Crippen molar-refractivity contribution in [1.82, 2.24) is 9.78 Å². The molecular formula is C22H18F3N3O2S. The number of hydrogen-bond acceptors (Lipinski definition) is 4. The Morgan fingerprint density at radius 2 is 1.71 bits per heavy atom. The van der Waals surface area contributed by atoms with E-state index in [1.807, 2.05) is 0 Å². The zero-order chi connectivity index (χ0) is 22.8. The minimum atomic E-state index is -4.60. The molecule has 0 spiro atoms. The molecule has 0 saturated carbocycles. The van der Waals surface area contributed by atoms with Crippen molar-refractivity contribution in [3.8, 4) is 11.8 Å². The third-order valence-electron chi connectivity index (χ3n) is 4.52. The van der Waals surface area contributed by atoms with Crippen molar-refractivity contribution in [1.29, 1.82) is 5.26 Å². The molecule has 0 N–H and O–H groups in total. The van der Waals surface area contributed by atoms with E-state index in [9.17, 15) is 26.9 Å². The Bertz CT molecular complexity index is 1270. The summed E-state index contributed by atoms with van der Waals surface area (Å²) in [5.41, 5.74) is -0.537. The van der Waals surface area contributed by atoms with Gasteiger partial charge in [-0.2, -0.15) is 23.5 Å². The molecule has 3 aromatic rings. The Hall–Kier alpha value is -3.38. The lowest BCUT2D eigenvalue weighted by Gasteiger charge is -2.15. The number of hydrogen-bond donors (Lipinski definition) is 0. The molecule has 0 radical (unpaired) electrons. The Morgan fingerprint density at radius 3 is 2.29 bits per heavy atom. The van der Waals surface area contributed by atoms with Gasteiger partial charge in [0.25, 0.3) is 0 Å². The number of benzene rings is 2. The van der Waals surface area contributed by atoms with Gasteiger partial charge in [-0.15, -0.1) is 0 Å². The van der Waals surface area contributed by atoms with Gasteiger partial charge >= 0.3 is 6.18 Å². The highest BCUT2D eigenvalue weighted by molar-refractivity contribution is 7.95. The topological polar surface area (TPSA) is 75.8 Å². The number of nitriles is 1. The van der Waals surface area contributed by atoms with Crippen LogP contribution in [-0.2, 0) is 16.0 Å². The first-order valence-corrected chi connectivity index (χ1v) is 10.7. The first-order chi connectivity index (χ1) is 14.6. The van der Waals surface area contributed by atoms with Crippen molar-refractivity contribution < 1.29 is 21.6 Å². The van der Waals surface area contributed by atoms with E-state index in [4.69, 9.17) is 0 Å². The second-order valence-corrected chi connectivity index (χ2v) is 8.93. The molecule has 2 aromatic carbocycles. The van der Waals surface area contributed by atoms with Gasteiger partial charge < -0.3 is 0 Å². The number of sulfone groups is 1. The summed E-state index contributed by atoms with van der Waals surface area (Å²) in [6, 6.07) is 15.6. The lowest BCUT2D eigenvalue weighted by molar-refractivity contribution is -0.137. The van der Waals surface area contributed by atoms with Gasteiger partial charge in [0.05, 0.1) is 21.8 Å². The number of alkyl halides is 3. The van der Waals surface area contributed by atoms with Crippen LogP contribution >= 0.6 is 0 Å². The maximum atomic E-state index is 13.5. The van der Waals surface area contributed by atoms with Gasteiger partial charge in [-0.05, 0) is 42.3 Å². The zero-order valence-corrected chi connectivity index (χ0v) is 17.4. The average Bonchev–Trinajstić information content (AvgIpc) is 3.16. The average molecular weight is 445 g/mol. The summed E-state index contributed by atoms with van der Waals surface area (Å²) in [6.07, 6.45) is -3.53. The van der Waals surface area contributed by atoms with E-state index < -0.39 is 26.5 Å². The molecule has 160 valence electrons. The second kappa shape index (κ2) is 8.40. The largest absolute Gasteiger partial charge is 0.418 e. The number of aromatic nitrogens is 2. The van der Waals surface area contributed by atoms with E-state index in [1.165, 1.54) is 48.5 Å². The van der Waals surface area contributed by atoms with Crippen LogP contribution in [0.4, 0.5) is 13.2 Å². The minimum absolute atomic E-state index is 0.0614. The number of para-hydroxylation sites is 1. The Balaban J connectivity index is 2.17. The molecule has 1 aromatic heterocycles. The lowest BCUT2D eigenvalue weighted by atomic mass is 10.1. The molecular weight excluding hydrogens is 427 g/mol. The molecule has 0 aliphatic heterocycles. The lowest BCUT2D eigenvalue weighted by Crippen LogP contribution is -2.13. The van der Waals surface area contributed by atoms with Gasteiger partial charge in [-0.3, -0.25) is 0 Å². The summed E-state index contributed by atoms with van der Waals surface area (Å²) in [5, 5.41) is 13.7. The monoisotopic (exact) mass is 445 g/mol. The number of nitrogens with zero attached hydrogens (tertiary/aromatic N) is 3. The summed E-state index contributed by atoms with van der Waals surface area (Å²) < 4.78 is 67.2. The highest BCUT2D eigenvalue weighted by Crippen LogP contribution is 2.35. The maximum Gasteiger partial charge on any atom is 0.418 e.